The average Bonchev–Trinajstić information content (AvgIpc) is 1.85. The standard InChI is InChI=1S/C6H12O3S/c1-4(2-6(8)9)5(10)3-7/h4-5,7,10H,2-3H2,1H3,(H,8,9). The molecule has 0 bridgehead atoms. The van der Waals surface area contributed by atoms with Crippen molar-refractivity contribution in [3.05, 3.63) is 0 Å². The van der Waals surface area contributed by atoms with Gasteiger partial charge in [-0.1, -0.05) is 6.92 Å². The van der Waals surface area contributed by atoms with Crippen molar-refractivity contribution in [3.63, 3.8) is 0 Å². The fourth-order valence-corrected chi connectivity index (χ4v) is 0.697. The second-order valence-electron chi connectivity index (χ2n) is 2.33. The molecule has 0 aromatic carbocycles. The number of rotatable bonds is 4. The summed E-state index contributed by atoms with van der Waals surface area (Å²) in [5, 5.41) is 16.6. The minimum Gasteiger partial charge on any atom is -0.481 e. The normalized spacial score (nSPS) is 16.3. The van der Waals surface area contributed by atoms with Crippen LogP contribution in [0.3, 0.4) is 0 Å². The highest BCUT2D eigenvalue weighted by Gasteiger charge is 2.14. The van der Waals surface area contributed by atoms with Crippen LogP contribution in [-0.2, 0) is 4.79 Å². The zero-order valence-corrected chi connectivity index (χ0v) is 6.71. The largest absolute Gasteiger partial charge is 0.481 e. The van der Waals surface area contributed by atoms with E-state index in [9.17, 15) is 4.79 Å². The summed E-state index contributed by atoms with van der Waals surface area (Å²) in [6, 6.07) is 0. The van der Waals surface area contributed by atoms with Gasteiger partial charge in [0.1, 0.15) is 0 Å². The van der Waals surface area contributed by atoms with Crippen molar-refractivity contribution in [1.82, 2.24) is 0 Å². The first-order chi connectivity index (χ1) is 4.57. The fourth-order valence-electron chi connectivity index (χ4n) is 0.591. The Morgan fingerprint density at radius 1 is 1.70 bits per heavy atom. The van der Waals surface area contributed by atoms with Gasteiger partial charge in [0, 0.05) is 11.7 Å². The summed E-state index contributed by atoms with van der Waals surface area (Å²) < 4.78 is 0. The van der Waals surface area contributed by atoms with E-state index in [-0.39, 0.29) is 24.2 Å². The molecule has 0 fully saturated rings. The molecule has 60 valence electrons. The highest BCUT2D eigenvalue weighted by molar-refractivity contribution is 7.81. The van der Waals surface area contributed by atoms with Crippen molar-refractivity contribution in [1.29, 1.82) is 0 Å². The molecule has 0 saturated heterocycles. The highest BCUT2D eigenvalue weighted by atomic mass is 32.1. The lowest BCUT2D eigenvalue weighted by Gasteiger charge is -2.13. The smallest absolute Gasteiger partial charge is 0.303 e. The van der Waals surface area contributed by atoms with E-state index >= 15 is 0 Å². The Hall–Kier alpha value is -0.220. The van der Waals surface area contributed by atoms with Crippen molar-refractivity contribution in [2.75, 3.05) is 6.61 Å². The molecule has 3 nitrogen and oxygen atoms in total. The number of carboxylic acids is 1. The summed E-state index contributed by atoms with van der Waals surface area (Å²) in [7, 11) is 0. The zero-order valence-electron chi connectivity index (χ0n) is 5.82. The van der Waals surface area contributed by atoms with E-state index in [2.05, 4.69) is 12.6 Å². The van der Waals surface area contributed by atoms with Crippen LogP contribution in [0.2, 0.25) is 0 Å². The maximum absolute atomic E-state index is 10.1. The molecule has 0 spiro atoms. The van der Waals surface area contributed by atoms with Crippen LogP contribution in [-0.4, -0.2) is 28.0 Å². The van der Waals surface area contributed by atoms with E-state index in [4.69, 9.17) is 10.2 Å². The van der Waals surface area contributed by atoms with Gasteiger partial charge in [0.05, 0.1) is 6.61 Å². The molecule has 0 rings (SSSR count). The molecule has 0 amide bonds. The summed E-state index contributed by atoms with van der Waals surface area (Å²) in [5.41, 5.74) is 0. The molecule has 4 heteroatoms. The SMILES string of the molecule is CC(CC(=O)O)C(S)CO. The van der Waals surface area contributed by atoms with E-state index < -0.39 is 5.97 Å². The molecule has 0 aromatic rings. The molecule has 0 aromatic heterocycles. The molecular formula is C6H12O3S. The van der Waals surface area contributed by atoms with Crippen molar-refractivity contribution >= 4 is 18.6 Å². The molecule has 0 heterocycles. The van der Waals surface area contributed by atoms with Crippen LogP contribution in [0.25, 0.3) is 0 Å². The highest BCUT2D eigenvalue weighted by Crippen LogP contribution is 2.12. The van der Waals surface area contributed by atoms with Crippen LogP contribution in [0, 0.1) is 5.92 Å². The van der Waals surface area contributed by atoms with Crippen molar-refractivity contribution in [2.24, 2.45) is 5.92 Å². The molecule has 10 heavy (non-hydrogen) atoms. The van der Waals surface area contributed by atoms with Crippen LogP contribution >= 0.6 is 12.6 Å². The third kappa shape index (κ3) is 3.74. The minimum atomic E-state index is -0.847. The van der Waals surface area contributed by atoms with Gasteiger partial charge in [-0.25, -0.2) is 0 Å². The molecule has 2 unspecified atom stereocenters. The van der Waals surface area contributed by atoms with Gasteiger partial charge in [-0.15, -0.1) is 0 Å². The molecule has 2 atom stereocenters. The van der Waals surface area contributed by atoms with Crippen LogP contribution < -0.4 is 0 Å². The van der Waals surface area contributed by atoms with Gasteiger partial charge >= 0.3 is 5.97 Å². The summed E-state index contributed by atoms with van der Waals surface area (Å²) in [6.45, 7) is 1.68. The monoisotopic (exact) mass is 164 g/mol. The lowest BCUT2D eigenvalue weighted by molar-refractivity contribution is -0.138. The van der Waals surface area contributed by atoms with Crippen LogP contribution in [0.15, 0.2) is 0 Å². The Morgan fingerprint density at radius 2 is 2.20 bits per heavy atom. The van der Waals surface area contributed by atoms with E-state index in [1.807, 2.05) is 0 Å². The Morgan fingerprint density at radius 3 is 2.50 bits per heavy atom. The van der Waals surface area contributed by atoms with Gasteiger partial charge in [-0.05, 0) is 5.92 Å². The second kappa shape index (κ2) is 4.57. The van der Waals surface area contributed by atoms with Gasteiger partial charge < -0.3 is 10.2 Å². The fraction of sp³-hybridized carbons (Fsp3) is 0.833. The molecule has 0 aliphatic rings. The van der Waals surface area contributed by atoms with Gasteiger partial charge in [-0.2, -0.15) is 12.6 Å². The number of hydrogen-bond donors (Lipinski definition) is 3. The Bertz CT molecular complexity index is 116. The van der Waals surface area contributed by atoms with Crippen molar-refractivity contribution < 1.29 is 15.0 Å². The predicted octanol–water partition coefficient (Wildman–Crippen LogP) is 0.388. The van der Waals surface area contributed by atoms with Crippen molar-refractivity contribution in [2.45, 2.75) is 18.6 Å². The topological polar surface area (TPSA) is 57.5 Å². The van der Waals surface area contributed by atoms with Crippen LogP contribution in [0.1, 0.15) is 13.3 Å². The third-order valence-electron chi connectivity index (χ3n) is 1.34. The summed E-state index contributed by atoms with van der Waals surface area (Å²) in [6.07, 6.45) is 0.0642. The van der Waals surface area contributed by atoms with Gasteiger partial charge in [0.2, 0.25) is 0 Å². The molecule has 0 aliphatic carbocycles. The average molecular weight is 164 g/mol. The van der Waals surface area contributed by atoms with Gasteiger partial charge in [0.15, 0.2) is 0 Å². The summed E-state index contributed by atoms with van der Waals surface area (Å²) in [5.74, 6) is -0.925. The Balaban J connectivity index is 3.61. The number of hydrogen-bond acceptors (Lipinski definition) is 3. The minimum absolute atomic E-state index is 0.0642. The van der Waals surface area contributed by atoms with E-state index in [0.29, 0.717) is 0 Å². The van der Waals surface area contributed by atoms with E-state index in [0.717, 1.165) is 0 Å². The van der Waals surface area contributed by atoms with Gasteiger partial charge in [0.25, 0.3) is 0 Å². The first-order valence-corrected chi connectivity index (χ1v) is 3.60. The zero-order chi connectivity index (χ0) is 8.15. The lowest BCUT2D eigenvalue weighted by Crippen LogP contribution is -2.18. The quantitative estimate of drug-likeness (QED) is 0.527. The second-order valence-corrected chi connectivity index (χ2v) is 2.99. The van der Waals surface area contributed by atoms with Crippen LogP contribution in [0.5, 0.6) is 0 Å². The number of aliphatic hydroxyl groups is 1. The first-order valence-electron chi connectivity index (χ1n) is 3.08. The Kier molecular flexibility index (Phi) is 4.47. The predicted molar refractivity (Wildman–Crippen MR) is 41.3 cm³/mol. The molecule has 0 saturated carbocycles. The van der Waals surface area contributed by atoms with E-state index in [1.54, 1.807) is 6.92 Å². The number of thiol groups is 1. The summed E-state index contributed by atoms with van der Waals surface area (Å²) >= 11 is 3.99. The summed E-state index contributed by atoms with van der Waals surface area (Å²) in [4.78, 5) is 10.1. The Labute approximate surface area is 65.5 Å². The van der Waals surface area contributed by atoms with Gasteiger partial charge in [-0.3, -0.25) is 4.79 Å². The molecule has 0 radical (unpaired) electrons. The number of aliphatic carboxylic acids is 1. The first kappa shape index (κ1) is 9.78. The molecular weight excluding hydrogens is 152 g/mol. The number of aliphatic hydroxyl groups excluding tert-OH is 1. The third-order valence-corrected chi connectivity index (χ3v) is 2.01. The van der Waals surface area contributed by atoms with Crippen molar-refractivity contribution in [3.8, 4) is 0 Å². The lowest BCUT2D eigenvalue weighted by atomic mass is 10.0. The maximum Gasteiger partial charge on any atom is 0.303 e. The number of carbonyl (C=O) groups is 1. The van der Waals surface area contributed by atoms with Crippen LogP contribution in [0.4, 0.5) is 0 Å². The molecule has 2 N–H and O–H groups in total. The molecule has 0 aliphatic heterocycles. The number of carboxylic acid groups (broad SMARTS) is 1. The maximum atomic E-state index is 10.1. The van der Waals surface area contributed by atoms with E-state index in [1.165, 1.54) is 0 Å².